The van der Waals surface area contributed by atoms with Crippen molar-refractivity contribution in [3.63, 3.8) is 0 Å². The van der Waals surface area contributed by atoms with Crippen molar-refractivity contribution in [2.45, 2.75) is 57.3 Å². The van der Waals surface area contributed by atoms with E-state index in [0.717, 1.165) is 43.9 Å². The zero-order chi connectivity index (χ0) is 27.6. The molecule has 0 radical (unpaired) electrons. The molecule has 0 fully saturated rings. The van der Waals surface area contributed by atoms with Crippen LogP contribution in [-0.4, -0.2) is 54.5 Å². The van der Waals surface area contributed by atoms with Crippen molar-refractivity contribution in [3.8, 4) is 5.82 Å². The molecule has 2 atom stereocenters. The Morgan fingerprint density at radius 2 is 2.10 bits per heavy atom. The molecule has 2 aliphatic heterocycles. The van der Waals surface area contributed by atoms with E-state index >= 15 is 0 Å². The van der Waals surface area contributed by atoms with Crippen LogP contribution >= 0.6 is 0 Å². The van der Waals surface area contributed by atoms with Crippen molar-refractivity contribution in [3.05, 3.63) is 81.4 Å². The largest absolute Gasteiger partial charge is 0.384 e. The van der Waals surface area contributed by atoms with Gasteiger partial charge in [-0.05, 0) is 66.8 Å². The van der Waals surface area contributed by atoms with Crippen LogP contribution in [0.3, 0.4) is 0 Å². The summed E-state index contributed by atoms with van der Waals surface area (Å²) >= 11 is 0. The number of aromatic nitrogens is 5. The van der Waals surface area contributed by atoms with Crippen molar-refractivity contribution < 1.29 is 5.11 Å². The Hall–Kier alpha value is -3.86. The molecule has 2 unspecified atom stereocenters. The zero-order valence-corrected chi connectivity index (χ0v) is 22.9. The summed E-state index contributed by atoms with van der Waals surface area (Å²) in [7, 11) is 2.16. The van der Waals surface area contributed by atoms with Gasteiger partial charge in [0.2, 0.25) is 5.95 Å². The van der Waals surface area contributed by atoms with Gasteiger partial charge in [-0.15, -0.1) is 6.58 Å². The standard InChI is InChI=1S/C30H34N8O2/c1-4-10-37-28(39)23-15-32-29(33-22-11-19-13-31-14-21-17-36(3)16-20(12-22)25(19)21)35-27(23)38(37)24-7-6-18-8-9-30(40,5-2)26(18)34-24/h4,6-7,11-12,15,21,31,40H,1,5,8-10,13-14,16-17H2,2-3H3,(H,32,33,35). The van der Waals surface area contributed by atoms with E-state index in [1.54, 1.807) is 21.6 Å². The van der Waals surface area contributed by atoms with Crippen molar-refractivity contribution in [2.75, 3.05) is 25.5 Å². The number of anilines is 2. The third kappa shape index (κ3) is 3.89. The number of allylic oxidation sites excluding steroid dienone is 1. The fourth-order valence-corrected chi connectivity index (χ4v) is 6.77. The summed E-state index contributed by atoms with van der Waals surface area (Å²) in [6, 6.07) is 8.27. The van der Waals surface area contributed by atoms with Crippen LogP contribution in [0.15, 0.2) is 47.9 Å². The Kier molecular flexibility index (Phi) is 5.88. The van der Waals surface area contributed by atoms with Crippen LogP contribution < -0.4 is 16.2 Å². The van der Waals surface area contributed by atoms with E-state index in [4.69, 9.17) is 9.97 Å². The molecule has 3 aromatic heterocycles. The highest BCUT2D eigenvalue weighted by Gasteiger charge is 2.37. The first-order valence-corrected chi connectivity index (χ1v) is 14.0. The topological polar surface area (TPSA) is 113 Å². The number of nitrogens with zero attached hydrogens (tertiary/aromatic N) is 6. The highest BCUT2D eigenvalue weighted by molar-refractivity contribution is 5.77. The normalized spacial score (nSPS) is 21.8. The molecule has 0 bridgehead atoms. The summed E-state index contributed by atoms with van der Waals surface area (Å²) < 4.78 is 3.29. The fourth-order valence-electron chi connectivity index (χ4n) is 6.77. The number of nitrogens with one attached hydrogen (secondary N) is 2. The molecular weight excluding hydrogens is 504 g/mol. The maximum Gasteiger partial charge on any atom is 0.278 e. The van der Waals surface area contributed by atoms with Crippen LogP contribution in [0.1, 0.15) is 53.6 Å². The number of aliphatic hydroxyl groups is 1. The van der Waals surface area contributed by atoms with Gasteiger partial charge in [-0.1, -0.05) is 19.1 Å². The second kappa shape index (κ2) is 9.36. The number of fused-ring (bicyclic) bond motifs is 2. The number of rotatable bonds is 6. The van der Waals surface area contributed by atoms with E-state index in [0.29, 0.717) is 47.3 Å². The number of benzene rings is 1. The molecule has 7 rings (SSSR count). The molecule has 1 aliphatic carbocycles. The van der Waals surface area contributed by atoms with Crippen LogP contribution in [0.4, 0.5) is 11.6 Å². The molecule has 40 heavy (non-hydrogen) atoms. The molecule has 4 aromatic rings. The quantitative estimate of drug-likeness (QED) is 0.321. The highest BCUT2D eigenvalue weighted by atomic mass is 16.3. The summed E-state index contributed by atoms with van der Waals surface area (Å²) in [5, 5.41) is 18.5. The van der Waals surface area contributed by atoms with Crippen molar-refractivity contribution in [1.29, 1.82) is 0 Å². The van der Waals surface area contributed by atoms with Crippen molar-refractivity contribution >= 4 is 22.7 Å². The molecule has 206 valence electrons. The van der Waals surface area contributed by atoms with Gasteiger partial charge in [-0.3, -0.25) is 4.79 Å². The minimum absolute atomic E-state index is 0.215. The summed E-state index contributed by atoms with van der Waals surface area (Å²) in [5.74, 6) is 1.44. The number of hydrogen-bond acceptors (Lipinski definition) is 8. The third-order valence-electron chi connectivity index (χ3n) is 8.69. The molecule has 0 amide bonds. The molecule has 0 saturated heterocycles. The second-order valence-corrected chi connectivity index (χ2v) is 11.3. The van der Waals surface area contributed by atoms with Gasteiger partial charge in [-0.2, -0.15) is 4.98 Å². The van der Waals surface area contributed by atoms with E-state index in [1.807, 2.05) is 19.1 Å². The van der Waals surface area contributed by atoms with E-state index in [1.165, 1.54) is 16.7 Å². The lowest BCUT2D eigenvalue weighted by atomic mass is 9.83. The van der Waals surface area contributed by atoms with Gasteiger partial charge in [0.25, 0.3) is 5.56 Å². The first-order chi connectivity index (χ1) is 19.4. The maximum atomic E-state index is 13.4. The molecule has 0 spiro atoms. The van der Waals surface area contributed by atoms with E-state index < -0.39 is 5.60 Å². The zero-order valence-electron chi connectivity index (χ0n) is 22.9. The number of likely N-dealkylation sites (N-methyl/N-ethyl adjacent to an activating group) is 1. The van der Waals surface area contributed by atoms with Crippen molar-refractivity contribution in [2.24, 2.45) is 0 Å². The molecule has 5 heterocycles. The molecule has 0 saturated carbocycles. The summed E-state index contributed by atoms with van der Waals surface area (Å²) in [6.07, 6.45) is 5.26. The second-order valence-electron chi connectivity index (χ2n) is 11.3. The molecule has 1 aromatic carbocycles. The molecule has 3 aliphatic rings. The van der Waals surface area contributed by atoms with Crippen LogP contribution in [-0.2, 0) is 31.7 Å². The molecule has 10 nitrogen and oxygen atoms in total. The van der Waals surface area contributed by atoms with Gasteiger partial charge < -0.3 is 20.6 Å². The number of aryl methyl sites for hydroxylation is 1. The fraction of sp³-hybridized carbons (Fsp3) is 0.400. The lowest BCUT2D eigenvalue weighted by Gasteiger charge is -2.37. The summed E-state index contributed by atoms with van der Waals surface area (Å²) in [5.41, 5.74) is 6.04. The van der Waals surface area contributed by atoms with Gasteiger partial charge in [-0.25, -0.2) is 19.3 Å². The van der Waals surface area contributed by atoms with E-state index in [2.05, 4.69) is 46.3 Å². The summed E-state index contributed by atoms with van der Waals surface area (Å²) in [4.78, 5) is 30.0. The Balaban J connectivity index is 1.33. The maximum absolute atomic E-state index is 13.4. The Morgan fingerprint density at radius 1 is 1.25 bits per heavy atom. The smallest absolute Gasteiger partial charge is 0.278 e. The van der Waals surface area contributed by atoms with Gasteiger partial charge in [0, 0.05) is 44.0 Å². The third-order valence-corrected chi connectivity index (χ3v) is 8.69. The number of hydrogen-bond donors (Lipinski definition) is 3. The van der Waals surface area contributed by atoms with Crippen LogP contribution in [0, 0.1) is 0 Å². The van der Waals surface area contributed by atoms with Gasteiger partial charge >= 0.3 is 0 Å². The first kappa shape index (κ1) is 25.1. The van der Waals surface area contributed by atoms with Crippen LogP contribution in [0.2, 0.25) is 0 Å². The average Bonchev–Trinajstić information content (AvgIpc) is 3.42. The Labute approximate surface area is 232 Å². The molecule has 3 N–H and O–H groups in total. The van der Waals surface area contributed by atoms with Crippen LogP contribution in [0.5, 0.6) is 0 Å². The SMILES string of the molecule is C=CCn1c(=O)c2cnc(Nc3cc4c5c(c3)CN(C)CC5CNC4)nc2n1-c1ccc2c(n1)C(O)(CC)CC2. The predicted octanol–water partition coefficient (Wildman–Crippen LogP) is 3.08. The Morgan fingerprint density at radius 3 is 2.92 bits per heavy atom. The minimum Gasteiger partial charge on any atom is -0.384 e. The highest BCUT2D eigenvalue weighted by Crippen LogP contribution is 2.39. The van der Waals surface area contributed by atoms with Gasteiger partial charge in [0.1, 0.15) is 11.0 Å². The molecule has 10 heteroatoms. The lowest BCUT2D eigenvalue weighted by Crippen LogP contribution is -2.39. The van der Waals surface area contributed by atoms with Crippen LogP contribution in [0.25, 0.3) is 16.9 Å². The lowest BCUT2D eigenvalue weighted by molar-refractivity contribution is 0.0306. The van der Waals surface area contributed by atoms with Crippen molar-refractivity contribution in [1.82, 2.24) is 34.5 Å². The average molecular weight is 539 g/mol. The monoisotopic (exact) mass is 538 g/mol. The van der Waals surface area contributed by atoms with Gasteiger partial charge in [0.05, 0.1) is 12.2 Å². The van der Waals surface area contributed by atoms with Gasteiger partial charge in [0.15, 0.2) is 11.5 Å². The predicted molar refractivity (Wildman–Crippen MR) is 154 cm³/mol. The number of pyridine rings is 1. The summed E-state index contributed by atoms with van der Waals surface area (Å²) in [6.45, 7) is 9.91. The minimum atomic E-state index is -0.964. The first-order valence-electron chi connectivity index (χ1n) is 14.0. The molecular formula is C30H34N8O2. The Bertz CT molecular complexity index is 1720. The van der Waals surface area contributed by atoms with E-state index in [-0.39, 0.29) is 12.1 Å². The van der Waals surface area contributed by atoms with E-state index in [9.17, 15) is 9.90 Å².